The number of hydrogen-bond acceptors (Lipinski definition) is 4. The molecule has 1 atom stereocenters. The van der Waals surface area contributed by atoms with Crippen LogP contribution in [0.1, 0.15) is 13.3 Å². The first-order valence-electron chi connectivity index (χ1n) is 6.18. The minimum atomic E-state index is -3.81. The second-order valence-corrected chi connectivity index (χ2v) is 7.02. The lowest BCUT2D eigenvalue weighted by Gasteiger charge is -2.22. The molecule has 1 aromatic carbocycles. The molecule has 0 spiro atoms. The Hall–Kier alpha value is -0.890. The minimum absolute atomic E-state index is 0.172. The number of halogens is 2. The fourth-order valence-corrected chi connectivity index (χ4v) is 4.13. The Balaban J connectivity index is 2.41. The van der Waals surface area contributed by atoms with Crippen molar-refractivity contribution in [2.45, 2.75) is 24.3 Å². The summed E-state index contributed by atoms with van der Waals surface area (Å²) in [5.74, 6) is -0.735. The first-order chi connectivity index (χ1) is 9.32. The zero-order chi connectivity index (χ0) is 14.9. The molecule has 1 heterocycles. The molecule has 0 radical (unpaired) electrons. The molecule has 0 amide bonds. The van der Waals surface area contributed by atoms with Crippen LogP contribution in [0.4, 0.5) is 10.1 Å². The van der Waals surface area contributed by atoms with Gasteiger partial charge >= 0.3 is 0 Å². The van der Waals surface area contributed by atoms with Crippen LogP contribution in [0.3, 0.4) is 0 Å². The van der Waals surface area contributed by atoms with Crippen molar-refractivity contribution in [2.24, 2.45) is 0 Å². The van der Waals surface area contributed by atoms with E-state index in [4.69, 9.17) is 22.1 Å². The fourth-order valence-electron chi connectivity index (χ4n) is 2.06. The van der Waals surface area contributed by atoms with E-state index in [1.54, 1.807) is 6.92 Å². The number of nitrogens with zero attached hydrogens (tertiary/aromatic N) is 1. The second kappa shape index (κ2) is 5.85. The molecule has 20 heavy (non-hydrogen) atoms. The van der Waals surface area contributed by atoms with Crippen molar-refractivity contribution in [2.75, 3.05) is 25.4 Å². The molecule has 0 aromatic heterocycles. The van der Waals surface area contributed by atoms with Crippen molar-refractivity contribution in [3.05, 3.63) is 23.0 Å². The highest BCUT2D eigenvalue weighted by Crippen LogP contribution is 2.29. The summed E-state index contributed by atoms with van der Waals surface area (Å²) in [4.78, 5) is -0.174. The molecule has 1 unspecified atom stereocenters. The summed E-state index contributed by atoms with van der Waals surface area (Å²) in [6.45, 7) is 2.87. The molecular weight excluding hydrogens is 307 g/mol. The number of benzene rings is 1. The second-order valence-electron chi connectivity index (χ2n) is 4.70. The van der Waals surface area contributed by atoms with Gasteiger partial charge in [-0.3, -0.25) is 0 Å². The van der Waals surface area contributed by atoms with Gasteiger partial charge in [0.2, 0.25) is 10.0 Å². The van der Waals surface area contributed by atoms with E-state index in [1.807, 2.05) is 0 Å². The molecule has 2 rings (SSSR count). The lowest BCUT2D eigenvalue weighted by atomic mass is 10.3. The Morgan fingerprint density at radius 2 is 2.20 bits per heavy atom. The van der Waals surface area contributed by atoms with Gasteiger partial charge in [0, 0.05) is 19.7 Å². The summed E-state index contributed by atoms with van der Waals surface area (Å²) in [5, 5.41) is -0.172. The summed E-state index contributed by atoms with van der Waals surface area (Å²) in [6, 6.07) is 1.98. The van der Waals surface area contributed by atoms with Crippen molar-refractivity contribution < 1.29 is 17.5 Å². The smallest absolute Gasteiger partial charge is 0.244 e. The lowest BCUT2D eigenvalue weighted by molar-refractivity contribution is 0.0752. The van der Waals surface area contributed by atoms with Crippen molar-refractivity contribution in [3.8, 4) is 0 Å². The van der Waals surface area contributed by atoms with Gasteiger partial charge in [0.05, 0.1) is 16.8 Å². The molecule has 2 N–H and O–H groups in total. The van der Waals surface area contributed by atoms with Crippen LogP contribution in [0.2, 0.25) is 5.02 Å². The fraction of sp³-hybridized carbons (Fsp3) is 0.500. The molecular formula is C12H16ClFN2O3S. The van der Waals surface area contributed by atoms with Crippen LogP contribution < -0.4 is 5.73 Å². The Bertz CT molecular complexity index is 609. The van der Waals surface area contributed by atoms with Gasteiger partial charge in [-0.05, 0) is 25.5 Å². The van der Waals surface area contributed by atoms with Crippen molar-refractivity contribution in [1.82, 2.24) is 4.31 Å². The van der Waals surface area contributed by atoms with Crippen LogP contribution in [0.15, 0.2) is 17.0 Å². The summed E-state index contributed by atoms with van der Waals surface area (Å²) in [5.41, 5.74) is 5.19. The largest absolute Gasteiger partial charge is 0.396 e. The van der Waals surface area contributed by atoms with E-state index >= 15 is 0 Å². The summed E-state index contributed by atoms with van der Waals surface area (Å²) < 4.78 is 45.1. The van der Waals surface area contributed by atoms with Gasteiger partial charge in [0.15, 0.2) is 0 Å². The minimum Gasteiger partial charge on any atom is -0.396 e. The molecule has 1 saturated heterocycles. The zero-order valence-corrected chi connectivity index (χ0v) is 12.5. The van der Waals surface area contributed by atoms with Crippen LogP contribution in [-0.2, 0) is 14.8 Å². The molecule has 1 fully saturated rings. The maximum Gasteiger partial charge on any atom is 0.244 e. The number of rotatable bonds is 2. The number of hydrogen-bond donors (Lipinski definition) is 1. The van der Waals surface area contributed by atoms with E-state index < -0.39 is 15.8 Å². The Morgan fingerprint density at radius 1 is 1.50 bits per heavy atom. The third kappa shape index (κ3) is 3.06. The van der Waals surface area contributed by atoms with E-state index in [-0.39, 0.29) is 28.3 Å². The number of nitrogen functional groups attached to an aromatic ring is 1. The average Bonchev–Trinajstić information content (AvgIpc) is 2.58. The molecule has 0 aliphatic carbocycles. The summed E-state index contributed by atoms with van der Waals surface area (Å²) >= 11 is 5.85. The molecule has 0 bridgehead atoms. The number of sulfonamides is 1. The van der Waals surface area contributed by atoms with Gasteiger partial charge in [-0.25, -0.2) is 12.8 Å². The number of anilines is 1. The van der Waals surface area contributed by atoms with Gasteiger partial charge in [-0.15, -0.1) is 0 Å². The topological polar surface area (TPSA) is 72.6 Å². The van der Waals surface area contributed by atoms with Gasteiger partial charge in [0.25, 0.3) is 0 Å². The average molecular weight is 323 g/mol. The Kier molecular flexibility index (Phi) is 4.53. The van der Waals surface area contributed by atoms with E-state index in [0.717, 1.165) is 12.1 Å². The van der Waals surface area contributed by atoms with Gasteiger partial charge in [-0.2, -0.15) is 4.31 Å². The lowest BCUT2D eigenvalue weighted by Crippen LogP contribution is -2.36. The van der Waals surface area contributed by atoms with Gasteiger partial charge in [0.1, 0.15) is 10.7 Å². The highest BCUT2D eigenvalue weighted by Gasteiger charge is 2.30. The molecule has 1 aliphatic rings. The predicted octanol–water partition coefficient (Wildman–Crippen LogP) is 1.86. The van der Waals surface area contributed by atoms with Gasteiger partial charge < -0.3 is 10.5 Å². The van der Waals surface area contributed by atoms with Gasteiger partial charge in [-0.1, -0.05) is 11.6 Å². The molecule has 0 saturated carbocycles. The van der Waals surface area contributed by atoms with Crippen LogP contribution >= 0.6 is 11.6 Å². The summed E-state index contributed by atoms with van der Waals surface area (Å²) in [7, 11) is -3.81. The van der Waals surface area contributed by atoms with Crippen LogP contribution in [-0.4, -0.2) is 38.5 Å². The standard InChI is InChI=1S/C12H16ClFN2O3S/c1-8-7-16(3-2-4-19-8)20(17,18)12-6-11(15)10(14)5-9(12)13/h5-6,8H,2-4,7,15H2,1H3. The maximum absolute atomic E-state index is 13.3. The van der Waals surface area contributed by atoms with Crippen LogP contribution in [0.25, 0.3) is 0 Å². The van der Waals surface area contributed by atoms with Crippen LogP contribution in [0.5, 0.6) is 0 Å². The first-order valence-corrected chi connectivity index (χ1v) is 8.00. The van der Waals surface area contributed by atoms with E-state index in [1.165, 1.54) is 4.31 Å². The molecule has 5 nitrogen and oxygen atoms in total. The molecule has 112 valence electrons. The number of ether oxygens (including phenoxy) is 1. The van der Waals surface area contributed by atoms with Crippen LogP contribution in [0, 0.1) is 5.82 Å². The van der Waals surface area contributed by atoms with E-state index in [2.05, 4.69) is 0 Å². The monoisotopic (exact) mass is 322 g/mol. The predicted molar refractivity (Wildman–Crippen MR) is 74.6 cm³/mol. The maximum atomic E-state index is 13.3. The molecule has 1 aromatic rings. The zero-order valence-electron chi connectivity index (χ0n) is 11.0. The van der Waals surface area contributed by atoms with Crippen molar-refractivity contribution in [3.63, 3.8) is 0 Å². The highest BCUT2D eigenvalue weighted by atomic mass is 35.5. The third-order valence-corrected chi connectivity index (χ3v) is 5.41. The SMILES string of the molecule is CC1CN(S(=O)(=O)c2cc(N)c(F)cc2Cl)CCCO1. The quantitative estimate of drug-likeness (QED) is 0.844. The Labute approximate surface area is 122 Å². The molecule has 1 aliphatic heterocycles. The number of nitrogens with two attached hydrogens (primary N) is 1. The van der Waals surface area contributed by atoms with E-state index in [0.29, 0.717) is 19.6 Å². The Morgan fingerprint density at radius 3 is 2.90 bits per heavy atom. The normalized spacial score (nSPS) is 21.6. The van der Waals surface area contributed by atoms with E-state index in [9.17, 15) is 12.8 Å². The molecule has 8 heteroatoms. The first kappa shape index (κ1) is 15.5. The highest BCUT2D eigenvalue weighted by molar-refractivity contribution is 7.89. The van der Waals surface area contributed by atoms with Crippen molar-refractivity contribution in [1.29, 1.82) is 0 Å². The summed E-state index contributed by atoms with van der Waals surface area (Å²) in [6.07, 6.45) is 0.390. The van der Waals surface area contributed by atoms with Crippen molar-refractivity contribution >= 4 is 27.3 Å². The third-order valence-electron chi connectivity index (χ3n) is 3.08.